The molecular formula is C28H32N2O2S2. The van der Waals surface area contributed by atoms with E-state index in [1.807, 2.05) is 18.2 Å². The highest BCUT2D eigenvalue weighted by atomic mass is 32.2. The number of thiazole rings is 1. The van der Waals surface area contributed by atoms with Crippen molar-refractivity contribution in [2.75, 3.05) is 4.90 Å². The molecule has 1 aromatic heterocycles. The monoisotopic (exact) mass is 492 g/mol. The molecule has 0 N–H and O–H groups in total. The fourth-order valence-corrected chi connectivity index (χ4v) is 7.60. The van der Waals surface area contributed by atoms with Gasteiger partial charge in [0.05, 0.1) is 27.7 Å². The molecule has 4 nitrogen and oxygen atoms in total. The van der Waals surface area contributed by atoms with Gasteiger partial charge in [-0.2, -0.15) is 0 Å². The molecule has 6 heteroatoms. The summed E-state index contributed by atoms with van der Waals surface area (Å²) in [5.41, 5.74) is 7.15. The van der Waals surface area contributed by atoms with Crippen molar-refractivity contribution in [1.82, 2.24) is 4.98 Å². The molecule has 2 heterocycles. The van der Waals surface area contributed by atoms with E-state index in [4.69, 9.17) is 4.98 Å². The van der Waals surface area contributed by atoms with Crippen molar-refractivity contribution in [3.8, 4) is 0 Å². The molecule has 2 aliphatic rings. The Morgan fingerprint density at radius 3 is 2.21 bits per heavy atom. The number of rotatable bonds is 4. The quantitative estimate of drug-likeness (QED) is 0.286. The smallest absolute Gasteiger partial charge is 0.237 e. The van der Waals surface area contributed by atoms with Gasteiger partial charge in [0.2, 0.25) is 11.8 Å². The number of thioether (sulfide) groups is 1. The predicted molar refractivity (Wildman–Crippen MR) is 142 cm³/mol. The third-order valence-electron chi connectivity index (χ3n) is 7.35. The van der Waals surface area contributed by atoms with Crippen molar-refractivity contribution >= 4 is 50.8 Å². The highest BCUT2D eigenvalue weighted by molar-refractivity contribution is 8.00. The van der Waals surface area contributed by atoms with Crippen LogP contribution in [0.15, 0.2) is 34.7 Å². The largest absolute Gasteiger partial charge is 0.274 e. The normalized spacial score (nSPS) is 20.9. The highest BCUT2D eigenvalue weighted by Crippen LogP contribution is 2.41. The van der Waals surface area contributed by atoms with Gasteiger partial charge in [-0.3, -0.25) is 14.5 Å². The standard InChI is InChI=1S/C28H32N2O2S2/c1-16-12-18(28(3,4)5)13-17(2)22(16)15-33-27-29-23-11-10-19(14-24(23)34-27)30-25(31)20-8-6-7-9-21(20)26(30)32/h10-14,20-21H,6-9,15H2,1-5H3/t20-,21-/m1/s1. The van der Waals surface area contributed by atoms with E-state index < -0.39 is 0 Å². The second-order valence-corrected chi connectivity index (χ2v) is 13.0. The minimum Gasteiger partial charge on any atom is -0.274 e. The third-order valence-corrected chi connectivity index (χ3v) is 9.54. The summed E-state index contributed by atoms with van der Waals surface area (Å²) >= 11 is 3.40. The van der Waals surface area contributed by atoms with Crippen LogP contribution in [0.5, 0.6) is 0 Å². The Hall–Kier alpha value is -2.18. The summed E-state index contributed by atoms with van der Waals surface area (Å²) in [4.78, 5) is 32.2. The van der Waals surface area contributed by atoms with Gasteiger partial charge in [-0.05, 0) is 72.6 Å². The first-order valence-electron chi connectivity index (χ1n) is 12.2. The van der Waals surface area contributed by atoms with Gasteiger partial charge in [-0.15, -0.1) is 11.3 Å². The summed E-state index contributed by atoms with van der Waals surface area (Å²) in [6, 6.07) is 10.4. The van der Waals surface area contributed by atoms with E-state index in [2.05, 4.69) is 46.8 Å². The maximum Gasteiger partial charge on any atom is 0.237 e. The van der Waals surface area contributed by atoms with Gasteiger partial charge in [0.1, 0.15) is 0 Å². The average Bonchev–Trinajstić information content (AvgIpc) is 3.30. The lowest BCUT2D eigenvalue weighted by Gasteiger charge is -2.22. The lowest BCUT2D eigenvalue weighted by molar-refractivity contribution is -0.122. The lowest BCUT2D eigenvalue weighted by atomic mass is 9.81. The second kappa shape index (κ2) is 8.80. The van der Waals surface area contributed by atoms with Gasteiger partial charge in [0.25, 0.3) is 0 Å². The molecule has 2 atom stereocenters. The zero-order valence-electron chi connectivity index (χ0n) is 20.6. The molecule has 0 unspecified atom stereocenters. The van der Waals surface area contributed by atoms with Crippen LogP contribution >= 0.6 is 23.1 Å². The first-order valence-corrected chi connectivity index (χ1v) is 14.0. The number of fused-ring (bicyclic) bond motifs is 2. The summed E-state index contributed by atoms with van der Waals surface area (Å²) in [6.07, 6.45) is 3.76. The fourth-order valence-electron chi connectivity index (χ4n) is 5.30. The van der Waals surface area contributed by atoms with Crippen LogP contribution < -0.4 is 4.90 Å². The Bertz CT molecular complexity index is 1240. The molecular weight excluding hydrogens is 460 g/mol. The number of hydrogen-bond donors (Lipinski definition) is 0. The van der Waals surface area contributed by atoms with E-state index in [0.717, 1.165) is 46.0 Å². The van der Waals surface area contributed by atoms with Crippen molar-refractivity contribution in [3.63, 3.8) is 0 Å². The number of anilines is 1. The van der Waals surface area contributed by atoms with E-state index >= 15 is 0 Å². The molecule has 2 fully saturated rings. The predicted octanol–water partition coefficient (Wildman–Crippen LogP) is 7.18. The third kappa shape index (κ3) is 4.20. The zero-order chi connectivity index (χ0) is 24.2. The minimum atomic E-state index is -0.124. The summed E-state index contributed by atoms with van der Waals surface area (Å²) in [5.74, 6) is 0.596. The van der Waals surface area contributed by atoms with Gasteiger partial charge in [0, 0.05) is 5.75 Å². The number of amides is 2. The molecule has 34 heavy (non-hydrogen) atoms. The van der Waals surface area contributed by atoms with Crippen LogP contribution in [0.3, 0.4) is 0 Å². The van der Waals surface area contributed by atoms with E-state index in [0.29, 0.717) is 5.69 Å². The Labute approximate surface area is 210 Å². The molecule has 178 valence electrons. The first-order chi connectivity index (χ1) is 16.1. The van der Waals surface area contributed by atoms with Gasteiger partial charge < -0.3 is 0 Å². The van der Waals surface area contributed by atoms with Crippen LogP contribution in [0.25, 0.3) is 10.2 Å². The SMILES string of the molecule is Cc1cc(C(C)(C)C)cc(C)c1CSc1nc2ccc(N3C(=O)[C@@H]4CCCC[C@H]4C3=O)cc2s1. The van der Waals surface area contributed by atoms with E-state index in [1.54, 1.807) is 23.1 Å². The maximum atomic E-state index is 13.0. The number of aryl methyl sites for hydroxylation is 2. The van der Waals surface area contributed by atoms with E-state index in [1.165, 1.54) is 27.2 Å². The number of carbonyl (C=O) groups is 2. The molecule has 0 spiro atoms. The van der Waals surface area contributed by atoms with E-state index in [-0.39, 0.29) is 29.1 Å². The summed E-state index contributed by atoms with van der Waals surface area (Å²) in [5, 5.41) is 0. The van der Waals surface area contributed by atoms with Crippen molar-refractivity contribution in [1.29, 1.82) is 0 Å². The Morgan fingerprint density at radius 2 is 1.62 bits per heavy atom. The van der Waals surface area contributed by atoms with Gasteiger partial charge >= 0.3 is 0 Å². The van der Waals surface area contributed by atoms with Crippen molar-refractivity contribution < 1.29 is 9.59 Å². The highest BCUT2D eigenvalue weighted by Gasteiger charge is 2.48. The number of imide groups is 1. The molecule has 1 aliphatic carbocycles. The van der Waals surface area contributed by atoms with Gasteiger partial charge in [-0.25, -0.2) is 4.98 Å². The van der Waals surface area contributed by atoms with Crippen LogP contribution in [0.2, 0.25) is 0 Å². The molecule has 3 aromatic rings. The molecule has 0 bridgehead atoms. The van der Waals surface area contributed by atoms with Crippen LogP contribution in [0, 0.1) is 25.7 Å². The molecule has 5 rings (SSSR count). The van der Waals surface area contributed by atoms with Gasteiger partial charge in [-0.1, -0.05) is 57.5 Å². The lowest BCUT2D eigenvalue weighted by Crippen LogP contribution is -2.30. The number of nitrogens with zero attached hydrogens (tertiary/aromatic N) is 2. The maximum absolute atomic E-state index is 13.0. The van der Waals surface area contributed by atoms with Crippen molar-refractivity contribution in [2.45, 2.75) is 75.8 Å². The van der Waals surface area contributed by atoms with Crippen LogP contribution in [-0.4, -0.2) is 16.8 Å². The van der Waals surface area contributed by atoms with Crippen LogP contribution in [0.4, 0.5) is 5.69 Å². The van der Waals surface area contributed by atoms with Crippen molar-refractivity contribution in [3.05, 3.63) is 52.6 Å². The summed E-state index contributed by atoms with van der Waals surface area (Å²) < 4.78 is 2.03. The molecule has 2 aromatic carbocycles. The van der Waals surface area contributed by atoms with E-state index in [9.17, 15) is 9.59 Å². The Balaban J connectivity index is 1.36. The summed E-state index contributed by atoms with van der Waals surface area (Å²) in [6.45, 7) is 11.2. The number of hydrogen-bond acceptors (Lipinski definition) is 5. The molecule has 0 radical (unpaired) electrons. The van der Waals surface area contributed by atoms with Crippen LogP contribution in [-0.2, 0) is 20.8 Å². The number of aromatic nitrogens is 1. The molecule has 2 amide bonds. The Morgan fingerprint density at radius 1 is 1.00 bits per heavy atom. The first kappa shape index (κ1) is 23.6. The van der Waals surface area contributed by atoms with Crippen LogP contribution in [0.1, 0.15) is 68.7 Å². The Kier molecular flexibility index (Phi) is 6.09. The zero-order valence-corrected chi connectivity index (χ0v) is 22.2. The summed E-state index contributed by atoms with van der Waals surface area (Å²) in [7, 11) is 0. The molecule has 1 saturated carbocycles. The van der Waals surface area contributed by atoms with Gasteiger partial charge in [0.15, 0.2) is 4.34 Å². The molecule has 1 aliphatic heterocycles. The van der Waals surface area contributed by atoms with Crippen molar-refractivity contribution in [2.24, 2.45) is 11.8 Å². The number of carbonyl (C=O) groups excluding carboxylic acids is 2. The average molecular weight is 493 g/mol. The minimum absolute atomic E-state index is 0.0159. The number of benzene rings is 2. The fraction of sp³-hybridized carbons (Fsp3) is 0.464. The topological polar surface area (TPSA) is 50.3 Å². The second-order valence-electron chi connectivity index (χ2n) is 10.8. The molecule has 1 saturated heterocycles.